The van der Waals surface area contributed by atoms with Crippen molar-refractivity contribution >= 4 is 35.5 Å². The molecule has 0 N–H and O–H groups in total. The molecule has 1 aliphatic carbocycles. The average Bonchev–Trinajstić information content (AvgIpc) is 3.00. The van der Waals surface area contributed by atoms with E-state index in [1.165, 1.54) is 6.07 Å². The Labute approximate surface area is 215 Å². The number of alkyl halides is 3. The number of hydrogen-bond donors (Lipinski definition) is 0. The second kappa shape index (κ2) is 9.64. The van der Waals surface area contributed by atoms with Crippen LogP contribution in [0.15, 0.2) is 23.4 Å². The molecule has 2 aromatic heterocycles. The van der Waals surface area contributed by atoms with Gasteiger partial charge in [0.25, 0.3) is 0 Å². The summed E-state index contributed by atoms with van der Waals surface area (Å²) in [6.07, 6.45) is -2.75. The third-order valence-corrected chi connectivity index (χ3v) is 9.02. The van der Waals surface area contributed by atoms with Gasteiger partial charge in [0, 0.05) is 31.3 Å². The normalized spacial score (nSPS) is 21.7. The molecule has 1 saturated carbocycles. The van der Waals surface area contributed by atoms with E-state index in [1.54, 1.807) is 23.1 Å². The van der Waals surface area contributed by atoms with E-state index in [4.69, 9.17) is 0 Å². The first-order valence-electron chi connectivity index (χ1n) is 11.1. The van der Waals surface area contributed by atoms with Crippen molar-refractivity contribution < 1.29 is 17.6 Å². The minimum absolute atomic E-state index is 0. The van der Waals surface area contributed by atoms with E-state index in [1.807, 2.05) is 25.5 Å². The average molecular weight is 548 g/mol. The summed E-state index contributed by atoms with van der Waals surface area (Å²) in [5.41, 5.74) is 0.134. The molecule has 1 saturated heterocycles. The molecular formula is C23H26ClF4N5S2. The molecule has 0 radical (unpaired) electrons. The molecular weight excluding hydrogens is 522 g/mol. The minimum atomic E-state index is -4.53. The molecule has 0 bridgehead atoms. The van der Waals surface area contributed by atoms with Gasteiger partial charge in [0.05, 0.1) is 21.1 Å². The Morgan fingerprint density at radius 1 is 1.23 bits per heavy atom. The van der Waals surface area contributed by atoms with Gasteiger partial charge in [-0.15, -0.1) is 33.9 Å². The van der Waals surface area contributed by atoms with Crippen LogP contribution in [-0.2, 0) is 18.6 Å². The van der Waals surface area contributed by atoms with Crippen molar-refractivity contribution in [3.8, 4) is 10.7 Å². The highest BCUT2D eigenvalue weighted by atomic mass is 35.5. The van der Waals surface area contributed by atoms with Gasteiger partial charge < -0.3 is 9.47 Å². The Morgan fingerprint density at radius 3 is 2.66 bits per heavy atom. The predicted molar refractivity (Wildman–Crippen MR) is 132 cm³/mol. The van der Waals surface area contributed by atoms with E-state index >= 15 is 0 Å². The first-order chi connectivity index (χ1) is 16.1. The van der Waals surface area contributed by atoms with Gasteiger partial charge >= 0.3 is 6.18 Å². The van der Waals surface area contributed by atoms with Crippen LogP contribution in [0.5, 0.6) is 0 Å². The van der Waals surface area contributed by atoms with E-state index in [9.17, 15) is 17.6 Å². The summed E-state index contributed by atoms with van der Waals surface area (Å²) in [5.74, 6) is 1.28. The summed E-state index contributed by atoms with van der Waals surface area (Å²) in [7, 11) is 1.96. The number of aryl methyl sites for hydroxylation is 2. The van der Waals surface area contributed by atoms with E-state index in [0.29, 0.717) is 24.1 Å². The largest absolute Gasteiger partial charge is 0.416 e. The Balaban J connectivity index is 0.00000289. The molecule has 5 nitrogen and oxygen atoms in total. The van der Waals surface area contributed by atoms with Crippen LogP contribution in [0.2, 0.25) is 0 Å². The van der Waals surface area contributed by atoms with Gasteiger partial charge in [0.15, 0.2) is 11.0 Å². The Kier molecular flexibility index (Phi) is 7.27. The summed E-state index contributed by atoms with van der Waals surface area (Å²) in [6.45, 7) is 6.38. The fourth-order valence-corrected chi connectivity index (χ4v) is 6.87. The van der Waals surface area contributed by atoms with Crippen LogP contribution < -0.4 is 0 Å². The van der Waals surface area contributed by atoms with Gasteiger partial charge in [-0.2, -0.15) is 13.2 Å². The number of aromatic nitrogens is 4. The lowest BCUT2D eigenvalue weighted by Crippen LogP contribution is -2.28. The molecule has 0 unspecified atom stereocenters. The molecule has 35 heavy (non-hydrogen) atoms. The molecule has 2 atom stereocenters. The number of thioether (sulfide) groups is 1. The van der Waals surface area contributed by atoms with Gasteiger partial charge in [0.1, 0.15) is 5.82 Å². The zero-order valence-electron chi connectivity index (χ0n) is 19.5. The number of benzene rings is 1. The number of nitrogens with zero attached hydrogens (tertiary/aromatic N) is 5. The van der Waals surface area contributed by atoms with Crippen molar-refractivity contribution in [2.45, 2.75) is 43.4 Å². The number of halogens is 5. The zero-order valence-corrected chi connectivity index (χ0v) is 22.0. The monoisotopic (exact) mass is 547 g/mol. The highest BCUT2D eigenvalue weighted by Gasteiger charge is 2.61. The Morgan fingerprint density at radius 2 is 2.00 bits per heavy atom. The van der Waals surface area contributed by atoms with Crippen LogP contribution in [-0.4, -0.2) is 50.0 Å². The third kappa shape index (κ3) is 4.97. The first-order valence-corrected chi connectivity index (χ1v) is 12.9. The standard InChI is InChI=1S/C23H25F4N5S2.ClH/c1-13-19(34-14(2)28-13)20-29-30-21(31(20)3)33-8-4-7-32-11-16-10-22(16,12-32)17-6-5-15(9-18(17)24)23(25,26)27;/h5-6,9,16H,4,7-8,10-12H2,1-3H3;1H/t16-,22-;/m0./s1. The van der Waals surface area contributed by atoms with Gasteiger partial charge in [-0.25, -0.2) is 9.37 Å². The summed E-state index contributed by atoms with van der Waals surface area (Å²) in [4.78, 5) is 7.81. The lowest BCUT2D eigenvalue weighted by molar-refractivity contribution is -0.137. The van der Waals surface area contributed by atoms with Crippen molar-refractivity contribution in [1.82, 2.24) is 24.6 Å². The number of hydrogen-bond acceptors (Lipinski definition) is 6. The number of likely N-dealkylation sites (tertiary alicyclic amines) is 1. The summed E-state index contributed by atoms with van der Waals surface area (Å²) >= 11 is 3.27. The maximum absolute atomic E-state index is 14.6. The van der Waals surface area contributed by atoms with Crippen LogP contribution in [0.4, 0.5) is 17.6 Å². The van der Waals surface area contributed by atoms with Crippen LogP contribution >= 0.6 is 35.5 Å². The summed E-state index contributed by atoms with van der Waals surface area (Å²) in [5, 5.41) is 10.5. The van der Waals surface area contributed by atoms with Crippen molar-refractivity contribution in [3.05, 3.63) is 45.8 Å². The van der Waals surface area contributed by atoms with Crippen LogP contribution in [0, 0.1) is 25.6 Å². The maximum Gasteiger partial charge on any atom is 0.416 e. The number of thiazole rings is 1. The van der Waals surface area contributed by atoms with Crippen LogP contribution in [0.25, 0.3) is 10.7 Å². The summed E-state index contributed by atoms with van der Waals surface area (Å²) < 4.78 is 55.2. The number of rotatable bonds is 7. The fraction of sp³-hybridized carbons (Fsp3) is 0.522. The molecule has 2 aliphatic rings. The SMILES string of the molecule is Cc1nc(C)c(-c2nnc(SCCCN3C[C@@H]4C[C@]4(c4ccc(C(F)(F)F)cc4F)C3)n2C)s1.Cl. The van der Waals surface area contributed by atoms with Crippen molar-refractivity contribution in [3.63, 3.8) is 0 Å². The van der Waals surface area contributed by atoms with Gasteiger partial charge in [-0.05, 0) is 56.8 Å². The topological polar surface area (TPSA) is 46.8 Å². The van der Waals surface area contributed by atoms with Crippen molar-refractivity contribution in [2.75, 3.05) is 25.4 Å². The maximum atomic E-state index is 14.6. The van der Waals surface area contributed by atoms with E-state index in [2.05, 4.69) is 20.1 Å². The van der Waals surface area contributed by atoms with Crippen molar-refractivity contribution in [2.24, 2.45) is 13.0 Å². The van der Waals surface area contributed by atoms with Gasteiger partial charge in [-0.3, -0.25) is 0 Å². The molecule has 0 spiro atoms. The molecule has 3 aromatic rings. The molecule has 1 aliphatic heterocycles. The summed E-state index contributed by atoms with van der Waals surface area (Å²) in [6, 6.07) is 2.99. The highest BCUT2D eigenvalue weighted by molar-refractivity contribution is 7.99. The lowest BCUT2D eigenvalue weighted by atomic mass is 9.93. The van der Waals surface area contributed by atoms with E-state index < -0.39 is 17.6 Å². The Bertz CT molecular complexity index is 1230. The molecule has 1 aromatic carbocycles. The predicted octanol–water partition coefficient (Wildman–Crippen LogP) is 5.89. The smallest absolute Gasteiger partial charge is 0.304 e. The number of fused-ring (bicyclic) bond motifs is 1. The highest BCUT2D eigenvalue weighted by Crippen LogP contribution is 2.59. The van der Waals surface area contributed by atoms with E-state index in [-0.39, 0.29) is 17.8 Å². The van der Waals surface area contributed by atoms with Gasteiger partial charge in [-0.1, -0.05) is 17.8 Å². The van der Waals surface area contributed by atoms with Crippen molar-refractivity contribution in [1.29, 1.82) is 0 Å². The molecule has 0 amide bonds. The number of piperidine rings is 1. The van der Waals surface area contributed by atoms with Crippen LogP contribution in [0.1, 0.15) is 34.7 Å². The second-order valence-corrected chi connectivity index (χ2v) is 11.5. The van der Waals surface area contributed by atoms with Gasteiger partial charge in [0.2, 0.25) is 0 Å². The Hall–Kier alpha value is -1.69. The quantitative estimate of drug-likeness (QED) is 0.210. The molecule has 190 valence electrons. The lowest BCUT2D eigenvalue weighted by Gasteiger charge is -2.21. The minimum Gasteiger partial charge on any atom is -0.304 e. The first kappa shape index (κ1) is 26.4. The second-order valence-electron chi connectivity index (χ2n) is 9.20. The zero-order chi connectivity index (χ0) is 24.3. The molecule has 2 fully saturated rings. The molecule has 5 rings (SSSR count). The van der Waals surface area contributed by atoms with Crippen LogP contribution in [0.3, 0.4) is 0 Å². The third-order valence-electron chi connectivity index (χ3n) is 6.84. The molecule has 12 heteroatoms. The molecule has 3 heterocycles. The van der Waals surface area contributed by atoms with E-state index in [0.717, 1.165) is 64.3 Å². The fourth-order valence-electron chi connectivity index (χ4n) is 5.10.